The number of benzene rings is 1. The van der Waals surface area contributed by atoms with Crippen LogP contribution in [0.25, 0.3) is 0 Å². The summed E-state index contributed by atoms with van der Waals surface area (Å²) in [6.07, 6.45) is 8.66. The molecule has 2 nitrogen and oxygen atoms in total. The zero-order valence-corrected chi connectivity index (χ0v) is 12.0. The van der Waals surface area contributed by atoms with E-state index in [4.69, 9.17) is 4.74 Å². The van der Waals surface area contributed by atoms with E-state index in [9.17, 15) is 4.39 Å². The molecule has 110 valence electrons. The summed E-state index contributed by atoms with van der Waals surface area (Å²) in [5.74, 6) is -0.147. The van der Waals surface area contributed by atoms with Gasteiger partial charge in [-0.15, -0.1) is 0 Å². The van der Waals surface area contributed by atoms with Gasteiger partial charge >= 0.3 is 0 Å². The van der Waals surface area contributed by atoms with Crippen LogP contribution in [0.4, 0.5) is 4.39 Å². The SMILES string of the molecule is Fc1ccccc1C(CNC1CC1)OC1CCCCC1. The van der Waals surface area contributed by atoms with Crippen molar-refractivity contribution in [2.24, 2.45) is 0 Å². The molecule has 1 atom stereocenters. The Kier molecular flexibility index (Phi) is 4.69. The highest BCUT2D eigenvalue weighted by Crippen LogP contribution is 2.29. The van der Waals surface area contributed by atoms with Crippen molar-refractivity contribution in [2.45, 2.75) is 63.2 Å². The zero-order valence-electron chi connectivity index (χ0n) is 12.0. The fourth-order valence-electron chi connectivity index (χ4n) is 2.96. The van der Waals surface area contributed by atoms with Crippen molar-refractivity contribution >= 4 is 0 Å². The molecule has 20 heavy (non-hydrogen) atoms. The van der Waals surface area contributed by atoms with Crippen LogP contribution in [0, 0.1) is 5.82 Å². The summed E-state index contributed by atoms with van der Waals surface area (Å²) in [5, 5.41) is 3.48. The molecule has 1 N–H and O–H groups in total. The summed E-state index contributed by atoms with van der Waals surface area (Å²) in [7, 11) is 0. The van der Waals surface area contributed by atoms with E-state index in [2.05, 4.69) is 5.32 Å². The normalized spacial score (nSPS) is 21.9. The smallest absolute Gasteiger partial charge is 0.129 e. The van der Waals surface area contributed by atoms with Crippen LogP contribution in [0.1, 0.15) is 56.6 Å². The highest BCUT2D eigenvalue weighted by atomic mass is 19.1. The molecule has 1 aromatic carbocycles. The Morgan fingerprint density at radius 3 is 2.55 bits per heavy atom. The van der Waals surface area contributed by atoms with Crippen LogP contribution >= 0.6 is 0 Å². The number of hydrogen-bond donors (Lipinski definition) is 1. The minimum Gasteiger partial charge on any atom is -0.369 e. The van der Waals surface area contributed by atoms with Crippen molar-refractivity contribution in [3.05, 3.63) is 35.6 Å². The summed E-state index contributed by atoms with van der Waals surface area (Å²) >= 11 is 0. The highest BCUT2D eigenvalue weighted by molar-refractivity contribution is 5.20. The van der Waals surface area contributed by atoms with Gasteiger partial charge in [0, 0.05) is 18.2 Å². The third-order valence-electron chi connectivity index (χ3n) is 4.33. The van der Waals surface area contributed by atoms with Gasteiger partial charge in [0.1, 0.15) is 5.82 Å². The topological polar surface area (TPSA) is 21.3 Å². The Balaban J connectivity index is 1.66. The van der Waals surface area contributed by atoms with Crippen molar-refractivity contribution in [3.8, 4) is 0 Å². The second kappa shape index (κ2) is 6.68. The monoisotopic (exact) mass is 277 g/mol. The molecule has 2 fully saturated rings. The van der Waals surface area contributed by atoms with Crippen molar-refractivity contribution < 1.29 is 9.13 Å². The lowest BCUT2D eigenvalue weighted by Gasteiger charge is -2.28. The van der Waals surface area contributed by atoms with E-state index in [-0.39, 0.29) is 11.9 Å². The minimum atomic E-state index is -0.153. The second-order valence-corrected chi connectivity index (χ2v) is 6.09. The van der Waals surface area contributed by atoms with E-state index >= 15 is 0 Å². The predicted octanol–water partition coefficient (Wildman–Crippen LogP) is 3.97. The standard InChI is InChI=1S/C17H24FNO/c18-16-9-5-4-8-15(16)17(12-19-13-10-11-13)20-14-6-2-1-3-7-14/h4-5,8-9,13-14,17,19H,1-3,6-7,10-12H2. The molecule has 0 spiro atoms. The van der Waals surface area contributed by atoms with E-state index in [1.807, 2.05) is 12.1 Å². The van der Waals surface area contributed by atoms with Gasteiger partial charge in [-0.1, -0.05) is 37.5 Å². The molecule has 3 heteroatoms. The predicted molar refractivity (Wildman–Crippen MR) is 78.1 cm³/mol. The molecule has 3 rings (SSSR count). The van der Waals surface area contributed by atoms with Crippen LogP contribution < -0.4 is 5.32 Å². The van der Waals surface area contributed by atoms with Crippen LogP contribution in [0.3, 0.4) is 0 Å². The van der Waals surface area contributed by atoms with E-state index in [0.717, 1.165) is 19.4 Å². The van der Waals surface area contributed by atoms with Crippen molar-refractivity contribution in [2.75, 3.05) is 6.54 Å². The molecule has 2 aliphatic rings. The molecule has 1 unspecified atom stereocenters. The Morgan fingerprint density at radius 2 is 1.85 bits per heavy atom. The van der Waals surface area contributed by atoms with Gasteiger partial charge in [-0.3, -0.25) is 0 Å². The maximum atomic E-state index is 14.0. The summed E-state index contributed by atoms with van der Waals surface area (Å²) in [6, 6.07) is 7.65. The molecule has 1 aromatic rings. The third-order valence-corrected chi connectivity index (χ3v) is 4.33. The van der Waals surface area contributed by atoms with Crippen LogP contribution in [0.2, 0.25) is 0 Å². The van der Waals surface area contributed by atoms with Crippen molar-refractivity contribution in [1.82, 2.24) is 5.32 Å². The minimum absolute atomic E-state index is 0.147. The lowest BCUT2D eigenvalue weighted by Crippen LogP contribution is -2.29. The van der Waals surface area contributed by atoms with Crippen molar-refractivity contribution in [1.29, 1.82) is 0 Å². The first-order chi connectivity index (χ1) is 9.83. The van der Waals surface area contributed by atoms with Gasteiger partial charge < -0.3 is 10.1 Å². The average molecular weight is 277 g/mol. The molecule has 0 heterocycles. The first kappa shape index (κ1) is 14.0. The molecule has 2 saturated carbocycles. The Labute approximate surface area is 120 Å². The maximum absolute atomic E-state index is 14.0. The maximum Gasteiger partial charge on any atom is 0.129 e. The summed E-state index contributed by atoms with van der Waals surface area (Å²) in [6.45, 7) is 0.724. The molecular weight excluding hydrogens is 253 g/mol. The second-order valence-electron chi connectivity index (χ2n) is 6.09. The zero-order chi connectivity index (χ0) is 13.8. The van der Waals surface area contributed by atoms with Crippen molar-refractivity contribution in [3.63, 3.8) is 0 Å². The molecule has 0 radical (unpaired) electrons. The van der Waals surface area contributed by atoms with Gasteiger partial charge in [-0.05, 0) is 31.7 Å². The first-order valence-electron chi connectivity index (χ1n) is 7.96. The number of hydrogen-bond acceptors (Lipinski definition) is 2. The molecule has 0 saturated heterocycles. The lowest BCUT2D eigenvalue weighted by atomic mass is 9.97. The lowest BCUT2D eigenvalue weighted by molar-refractivity contribution is -0.0322. The third kappa shape index (κ3) is 3.80. The number of rotatable bonds is 6. The molecule has 0 aliphatic heterocycles. The summed E-state index contributed by atoms with van der Waals surface area (Å²) < 4.78 is 20.3. The number of nitrogens with one attached hydrogen (secondary N) is 1. The van der Waals surface area contributed by atoms with Crippen LogP contribution in [-0.2, 0) is 4.74 Å². The molecule has 0 aromatic heterocycles. The molecule has 0 amide bonds. The van der Waals surface area contributed by atoms with Gasteiger partial charge in [0.2, 0.25) is 0 Å². The molecule has 0 bridgehead atoms. The number of halogens is 1. The quantitative estimate of drug-likeness (QED) is 0.849. The summed E-state index contributed by atoms with van der Waals surface area (Å²) in [5.41, 5.74) is 0.700. The van der Waals surface area contributed by atoms with Crippen LogP contribution in [0.5, 0.6) is 0 Å². The fraction of sp³-hybridized carbons (Fsp3) is 0.647. The van der Waals surface area contributed by atoms with Gasteiger partial charge in [-0.25, -0.2) is 4.39 Å². The highest BCUT2D eigenvalue weighted by Gasteiger charge is 2.26. The average Bonchev–Trinajstić information content (AvgIpc) is 3.29. The largest absolute Gasteiger partial charge is 0.369 e. The first-order valence-corrected chi connectivity index (χ1v) is 7.96. The van der Waals surface area contributed by atoms with E-state index < -0.39 is 0 Å². The molecular formula is C17H24FNO. The van der Waals surface area contributed by atoms with Crippen LogP contribution in [-0.4, -0.2) is 18.7 Å². The van der Waals surface area contributed by atoms with Gasteiger partial charge in [0.15, 0.2) is 0 Å². The number of ether oxygens (including phenoxy) is 1. The van der Waals surface area contributed by atoms with Crippen LogP contribution in [0.15, 0.2) is 24.3 Å². The van der Waals surface area contributed by atoms with Gasteiger partial charge in [0.05, 0.1) is 12.2 Å². The Morgan fingerprint density at radius 1 is 1.10 bits per heavy atom. The fourth-order valence-corrected chi connectivity index (χ4v) is 2.96. The Bertz CT molecular complexity index is 427. The van der Waals surface area contributed by atoms with E-state index in [1.165, 1.54) is 38.2 Å². The van der Waals surface area contributed by atoms with Gasteiger partial charge in [-0.2, -0.15) is 0 Å². The van der Waals surface area contributed by atoms with E-state index in [0.29, 0.717) is 17.7 Å². The van der Waals surface area contributed by atoms with E-state index in [1.54, 1.807) is 6.07 Å². The van der Waals surface area contributed by atoms with Gasteiger partial charge in [0.25, 0.3) is 0 Å². The summed E-state index contributed by atoms with van der Waals surface area (Å²) in [4.78, 5) is 0. The molecule has 2 aliphatic carbocycles. The Hall–Kier alpha value is -0.930.